The highest BCUT2D eigenvalue weighted by molar-refractivity contribution is 7.99. The van der Waals surface area contributed by atoms with Crippen LogP contribution in [0.5, 0.6) is 0 Å². The van der Waals surface area contributed by atoms with Gasteiger partial charge in [-0.05, 0) is 19.1 Å². The molecule has 1 N–H and O–H groups in total. The Bertz CT molecular complexity index is 301. The molecule has 0 bridgehead atoms. The molecule has 0 spiro atoms. The number of rotatable bonds is 3. The lowest BCUT2D eigenvalue weighted by Crippen LogP contribution is -2.39. The van der Waals surface area contributed by atoms with Gasteiger partial charge in [-0.2, -0.15) is 17.0 Å². The lowest BCUT2D eigenvalue weighted by molar-refractivity contribution is 0.559. The Labute approximate surface area is 82.7 Å². The molecule has 1 heterocycles. The monoisotopic (exact) mass is 220 g/mol. The molecule has 1 fully saturated rings. The molecule has 1 aliphatic rings. The smallest absolute Gasteiger partial charge is 0.211 e. The number of hydrogen-bond acceptors (Lipinski definition) is 4. The average Bonchev–Trinajstić information content (AvgIpc) is 2.54. The molecule has 2 atom stereocenters. The molecule has 0 amide bonds. The SMILES string of the molecule is CC(C#N)S(=O)(=O)NC1CCSC1. The summed E-state index contributed by atoms with van der Waals surface area (Å²) in [7, 11) is -3.42. The van der Waals surface area contributed by atoms with Crippen LogP contribution in [0.3, 0.4) is 0 Å². The summed E-state index contributed by atoms with van der Waals surface area (Å²) in [6.07, 6.45) is 0.863. The summed E-state index contributed by atoms with van der Waals surface area (Å²) in [6, 6.07) is 1.74. The minimum atomic E-state index is -3.42. The third-order valence-corrected chi connectivity index (χ3v) is 4.77. The Hall–Kier alpha value is -0.250. The predicted molar refractivity (Wildman–Crippen MR) is 52.9 cm³/mol. The van der Waals surface area contributed by atoms with Gasteiger partial charge in [-0.3, -0.25) is 0 Å². The first-order valence-corrected chi connectivity index (χ1v) is 6.75. The van der Waals surface area contributed by atoms with Crippen LogP contribution in [0.1, 0.15) is 13.3 Å². The molecule has 1 saturated heterocycles. The maximum Gasteiger partial charge on any atom is 0.227 e. The number of nitriles is 1. The molecule has 1 aliphatic heterocycles. The van der Waals surface area contributed by atoms with Gasteiger partial charge >= 0.3 is 0 Å². The fourth-order valence-corrected chi connectivity index (χ4v) is 3.30. The highest BCUT2D eigenvalue weighted by Crippen LogP contribution is 2.18. The number of hydrogen-bond donors (Lipinski definition) is 1. The average molecular weight is 220 g/mol. The fraction of sp³-hybridized carbons (Fsp3) is 0.857. The van der Waals surface area contributed by atoms with Crippen molar-refractivity contribution in [3.63, 3.8) is 0 Å². The van der Waals surface area contributed by atoms with Gasteiger partial charge < -0.3 is 0 Å². The number of sulfonamides is 1. The highest BCUT2D eigenvalue weighted by Gasteiger charge is 2.26. The van der Waals surface area contributed by atoms with E-state index in [2.05, 4.69) is 4.72 Å². The molecule has 0 aliphatic carbocycles. The van der Waals surface area contributed by atoms with E-state index in [-0.39, 0.29) is 6.04 Å². The zero-order valence-corrected chi connectivity index (χ0v) is 8.99. The van der Waals surface area contributed by atoms with E-state index >= 15 is 0 Å². The third-order valence-electron chi connectivity index (χ3n) is 1.91. The van der Waals surface area contributed by atoms with E-state index in [1.807, 2.05) is 0 Å². The van der Waals surface area contributed by atoms with Crippen LogP contribution < -0.4 is 4.72 Å². The minimum absolute atomic E-state index is 0.0193. The zero-order chi connectivity index (χ0) is 9.90. The molecule has 4 nitrogen and oxygen atoms in total. The van der Waals surface area contributed by atoms with Crippen molar-refractivity contribution in [1.82, 2.24) is 4.72 Å². The Morgan fingerprint density at radius 3 is 2.85 bits per heavy atom. The van der Waals surface area contributed by atoms with Crippen LogP contribution >= 0.6 is 11.8 Å². The number of nitrogens with one attached hydrogen (secondary N) is 1. The van der Waals surface area contributed by atoms with Crippen LogP contribution in [-0.4, -0.2) is 31.2 Å². The second-order valence-corrected chi connectivity index (χ2v) is 6.18. The minimum Gasteiger partial charge on any atom is -0.211 e. The molecular formula is C7H12N2O2S2. The van der Waals surface area contributed by atoms with Crippen molar-refractivity contribution in [2.24, 2.45) is 0 Å². The van der Waals surface area contributed by atoms with Crippen molar-refractivity contribution in [3.05, 3.63) is 0 Å². The van der Waals surface area contributed by atoms with E-state index in [1.54, 1.807) is 17.8 Å². The summed E-state index contributed by atoms with van der Waals surface area (Å²) < 4.78 is 25.3. The summed E-state index contributed by atoms with van der Waals surface area (Å²) in [4.78, 5) is 0. The molecular weight excluding hydrogens is 208 g/mol. The van der Waals surface area contributed by atoms with Gasteiger partial charge in [0.1, 0.15) is 0 Å². The normalized spacial score (nSPS) is 25.4. The van der Waals surface area contributed by atoms with E-state index in [0.717, 1.165) is 17.9 Å². The standard InChI is InChI=1S/C7H12N2O2S2/c1-6(4-8)13(10,11)9-7-2-3-12-5-7/h6-7,9H,2-3,5H2,1H3. The maximum atomic E-state index is 11.4. The van der Waals surface area contributed by atoms with Crippen LogP contribution in [-0.2, 0) is 10.0 Å². The van der Waals surface area contributed by atoms with E-state index in [4.69, 9.17) is 5.26 Å². The quantitative estimate of drug-likeness (QED) is 0.744. The molecule has 0 aromatic heterocycles. The van der Waals surface area contributed by atoms with Crippen molar-refractivity contribution in [1.29, 1.82) is 5.26 Å². The van der Waals surface area contributed by atoms with Crippen LogP contribution in [0.15, 0.2) is 0 Å². The summed E-state index contributed by atoms with van der Waals surface area (Å²) in [5.74, 6) is 1.81. The second kappa shape index (κ2) is 4.31. The Kier molecular flexibility index (Phi) is 3.59. The Balaban J connectivity index is 2.57. The largest absolute Gasteiger partial charge is 0.227 e. The van der Waals surface area contributed by atoms with Crippen LogP contribution in [0.25, 0.3) is 0 Å². The molecule has 0 radical (unpaired) electrons. The summed E-state index contributed by atoms with van der Waals surface area (Å²) in [5, 5.41) is 7.51. The summed E-state index contributed by atoms with van der Waals surface area (Å²) >= 11 is 1.73. The molecule has 0 saturated carbocycles. The Morgan fingerprint density at radius 2 is 2.38 bits per heavy atom. The first-order valence-electron chi connectivity index (χ1n) is 4.05. The Morgan fingerprint density at radius 1 is 1.69 bits per heavy atom. The summed E-state index contributed by atoms with van der Waals surface area (Å²) in [6.45, 7) is 1.39. The second-order valence-electron chi connectivity index (χ2n) is 2.99. The lowest BCUT2D eigenvalue weighted by Gasteiger charge is -2.12. The zero-order valence-electron chi connectivity index (χ0n) is 7.36. The van der Waals surface area contributed by atoms with Gasteiger partial charge in [0.2, 0.25) is 10.0 Å². The van der Waals surface area contributed by atoms with Gasteiger partial charge in [0, 0.05) is 11.8 Å². The first kappa shape index (κ1) is 10.8. The topological polar surface area (TPSA) is 70.0 Å². The predicted octanol–water partition coefficient (Wildman–Crippen LogP) is 0.323. The lowest BCUT2D eigenvalue weighted by atomic mass is 10.3. The van der Waals surface area contributed by atoms with Gasteiger partial charge in [0.05, 0.1) is 6.07 Å². The van der Waals surface area contributed by atoms with Crippen molar-refractivity contribution in [3.8, 4) is 6.07 Å². The molecule has 13 heavy (non-hydrogen) atoms. The van der Waals surface area contributed by atoms with E-state index in [1.165, 1.54) is 6.92 Å². The van der Waals surface area contributed by atoms with Gasteiger partial charge in [0.15, 0.2) is 5.25 Å². The van der Waals surface area contributed by atoms with Crippen molar-refractivity contribution in [2.75, 3.05) is 11.5 Å². The van der Waals surface area contributed by atoms with Gasteiger partial charge in [-0.1, -0.05) is 0 Å². The van der Waals surface area contributed by atoms with E-state index in [0.29, 0.717) is 0 Å². The van der Waals surface area contributed by atoms with Crippen LogP contribution in [0.4, 0.5) is 0 Å². The third kappa shape index (κ3) is 2.86. The van der Waals surface area contributed by atoms with Crippen molar-refractivity contribution in [2.45, 2.75) is 24.6 Å². The van der Waals surface area contributed by atoms with Gasteiger partial charge in [-0.25, -0.2) is 13.1 Å². The van der Waals surface area contributed by atoms with E-state index < -0.39 is 15.3 Å². The molecule has 1 rings (SSSR count). The molecule has 6 heteroatoms. The molecule has 2 unspecified atom stereocenters. The summed E-state index contributed by atoms with van der Waals surface area (Å²) in [5.41, 5.74) is 0. The fourth-order valence-electron chi connectivity index (χ4n) is 1.03. The van der Waals surface area contributed by atoms with Gasteiger partial charge in [0.25, 0.3) is 0 Å². The maximum absolute atomic E-state index is 11.4. The first-order chi connectivity index (χ1) is 6.06. The van der Waals surface area contributed by atoms with Crippen LogP contribution in [0, 0.1) is 11.3 Å². The van der Waals surface area contributed by atoms with Crippen LogP contribution in [0.2, 0.25) is 0 Å². The van der Waals surface area contributed by atoms with Crippen molar-refractivity contribution < 1.29 is 8.42 Å². The molecule has 0 aromatic rings. The van der Waals surface area contributed by atoms with Gasteiger partial charge in [-0.15, -0.1) is 0 Å². The highest BCUT2D eigenvalue weighted by atomic mass is 32.2. The van der Waals surface area contributed by atoms with Crippen molar-refractivity contribution >= 4 is 21.8 Å². The number of thioether (sulfide) groups is 1. The van der Waals surface area contributed by atoms with E-state index in [9.17, 15) is 8.42 Å². The number of nitrogens with zero attached hydrogens (tertiary/aromatic N) is 1. The molecule has 0 aromatic carbocycles. The molecule has 74 valence electrons.